The van der Waals surface area contributed by atoms with Crippen LogP contribution in [-0.2, 0) is 0 Å². The van der Waals surface area contributed by atoms with Crippen LogP contribution < -0.4 is 9.64 Å². The molecule has 0 unspecified atom stereocenters. The Morgan fingerprint density at radius 2 is 1.83 bits per heavy atom. The van der Waals surface area contributed by atoms with Crippen LogP contribution in [0.25, 0.3) is 0 Å². The molecule has 0 saturated heterocycles. The van der Waals surface area contributed by atoms with Crippen LogP contribution in [0.5, 0.6) is 5.75 Å². The summed E-state index contributed by atoms with van der Waals surface area (Å²) in [7, 11) is 1.87. The number of ether oxygens (including phenoxy) is 1. The van der Waals surface area contributed by atoms with Gasteiger partial charge in [-0.25, -0.2) is 0 Å². The van der Waals surface area contributed by atoms with Crippen LogP contribution >= 0.6 is 0 Å². The average Bonchev–Trinajstić information content (AvgIpc) is 2.92. The highest BCUT2D eigenvalue weighted by Gasteiger charge is 2.21. The highest BCUT2D eigenvalue weighted by molar-refractivity contribution is 6.11. The van der Waals surface area contributed by atoms with Crippen molar-refractivity contribution in [2.75, 3.05) is 11.9 Å². The van der Waals surface area contributed by atoms with E-state index in [1.807, 2.05) is 48.3 Å². The summed E-state index contributed by atoms with van der Waals surface area (Å²) in [5.74, 6) is 1.02. The Morgan fingerprint density at radius 3 is 2.52 bits per heavy atom. The summed E-state index contributed by atoms with van der Waals surface area (Å²) in [4.78, 5) is 14.2. The van der Waals surface area contributed by atoms with Gasteiger partial charge in [0.05, 0.1) is 5.69 Å². The number of fused-ring (bicyclic) bond motifs is 1. The van der Waals surface area contributed by atoms with Crippen LogP contribution in [0.1, 0.15) is 10.4 Å². The van der Waals surface area contributed by atoms with Crippen molar-refractivity contribution in [2.24, 2.45) is 0 Å². The lowest BCUT2D eigenvalue weighted by Crippen LogP contribution is -2.13. The Labute approximate surface area is 134 Å². The minimum Gasteiger partial charge on any atom is -0.439 e. The van der Waals surface area contributed by atoms with Crippen molar-refractivity contribution >= 4 is 11.5 Å². The highest BCUT2D eigenvalue weighted by atomic mass is 16.5. The third-order valence-electron chi connectivity index (χ3n) is 3.57. The molecule has 0 fully saturated rings. The Kier molecular flexibility index (Phi) is 3.94. The Balaban J connectivity index is 1.87. The molecule has 0 spiro atoms. The second-order valence-corrected chi connectivity index (χ2v) is 5.02. The van der Waals surface area contributed by atoms with Gasteiger partial charge in [0.1, 0.15) is 11.6 Å². The summed E-state index contributed by atoms with van der Waals surface area (Å²) in [5.41, 5.74) is 1.50. The van der Waals surface area contributed by atoms with Gasteiger partial charge < -0.3 is 9.64 Å². The van der Waals surface area contributed by atoms with Crippen LogP contribution in [0, 0.1) is 11.3 Å². The molecule has 23 heavy (non-hydrogen) atoms. The largest absolute Gasteiger partial charge is 0.439 e. The normalized spacial score (nSPS) is 15.0. The van der Waals surface area contributed by atoms with E-state index in [0.717, 1.165) is 11.4 Å². The fraction of sp³-hybridized carbons (Fsp3) is 0.0526. The number of ketones is 1. The summed E-state index contributed by atoms with van der Waals surface area (Å²) >= 11 is 0. The number of hydrogen-bond acceptors (Lipinski definition) is 4. The molecule has 0 N–H and O–H groups in total. The zero-order chi connectivity index (χ0) is 16.2. The molecule has 0 aliphatic carbocycles. The first-order chi connectivity index (χ1) is 11.2. The number of hydrogen-bond donors (Lipinski definition) is 0. The third-order valence-corrected chi connectivity index (χ3v) is 3.57. The maximum absolute atomic E-state index is 12.3. The zero-order valence-electron chi connectivity index (χ0n) is 12.6. The van der Waals surface area contributed by atoms with E-state index in [0.29, 0.717) is 11.4 Å². The SMILES string of the molecule is CN1/C(=C/C=C(\C#N)C(=O)c2ccccc2)Oc2ccccc21. The van der Waals surface area contributed by atoms with E-state index in [9.17, 15) is 10.1 Å². The van der Waals surface area contributed by atoms with Crippen molar-refractivity contribution in [3.63, 3.8) is 0 Å². The van der Waals surface area contributed by atoms with Crippen LogP contribution in [0.15, 0.2) is 78.2 Å². The van der Waals surface area contributed by atoms with E-state index in [-0.39, 0.29) is 11.4 Å². The Bertz CT molecular complexity index is 845. The van der Waals surface area contributed by atoms with Crippen molar-refractivity contribution in [3.8, 4) is 11.8 Å². The topological polar surface area (TPSA) is 53.3 Å². The van der Waals surface area contributed by atoms with E-state index < -0.39 is 0 Å². The van der Waals surface area contributed by atoms with Crippen LogP contribution in [-0.4, -0.2) is 12.8 Å². The zero-order valence-corrected chi connectivity index (χ0v) is 12.6. The van der Waals surface area contributed by atoms with Gasteiger partial charge in [0.15, 0.2) is 11.6 Å². The molecular formula is C19H14N2O2. The predicted octanol–water partition coefficient (Wildman–Crippen LogP) is 3.69. The summed E-state index contributed by atoms with van der Waals surface area (Å²) < 4.78 is 5.72. The van der Waals surface area contributed by atoms with Gasteiger partial charge in [0.2, 0.25) is 5.78 Å². The molecule has 1 aliphatic rings. The molecule has 1 heterocycles. The van der Waals surface area contributed by atoms with Gasteiger partial charge in [-0.15, -0.1) is 0 Å². The fourth-order valence-electron chi connectivity index (χ4n) is 2.33. The fourth-order valence-corrected chi connectivity index (χ4v) is 2.33. The molecule has 1 aliphatic heterocycles. The van der Waals surface area contributed by atoms with Gasteiger partial charge >= 0.3 is 0 Å². The Morgan fingerprint density at radius 1 is 1.13 bits per heavy atom. The maximum atomic E-state index is 12.3. The van der Waals surface area contributed by atoms with E-state index in [1.54, 1.807) is 30.3 Å². The molecular weight excluding hydrogens is 288 g/mol. The van der Waals surface area contributed by atoms with Gasteiger partial charge in [-0.3, -0.25) is 4.79 Å². The number of allylic oxidation sites excluding steroid dienone is 3. The van der Waals surface area contributed by atoms with E-state index in [1.165, 1.54) is 6.08 Å². The van der Waals surface area contributed by atoms with Crippen molar-refractivity contribution in [1.82, 2.24) is 0 Å². The van der Waals surface area contributed by atoms with Gasteiger partial charge in [0.25, 0.3) is 0 Å². The first kappa shape index (κ1) is 14.6. The number of rotatable bonds is 3. The number of nitrogens with zero attached hydrogens (tertiary/aromatic N) is 2. The number of benzene rings is 2. The molecule has 0 saturated carbocycles. The smallest absolute Gasteiger partial charge is 0.203 e. The second kappa shape index (κ2) is 6.20. The molecule has 0 amide bonds. The van der Waals surface area contributed by atoms with Crippen molar-refractivity contribution in [3.05, 3.63) is 83.8 Å². The van der Waals surface area contributed by atoms with Crippen LogP contribution in [0.2, 0.25) is 0 Å². The average molecular weight is 302 g/mol. The summed E-state index contributed by atoms with van der Waals surface area (Å²) in [5, 5.41) is 9.25. The van der Waals surface area contributed by atoms with Gasteiger partial charge in [-0.1, -0.05) is 42.5 Å². The summed E-state index contributed by atoms with van der Waals surface area (Å²) in [6, 6.07) is 18.3. The monoisotopic (exact) mass is 302 g/mol. The number of nitriles is 1. The lowest BCUT2D eigenvalue weighted by atomic mass is 10.0. The first-order valence-electron chi connectivity index (χ1n) is 7.13. The number of Topliss-reactive ketones (excluding diaryl/α,β-unsaturated/α-hetero) is 1. The second-order valence-electron chi connectivity index (χ2n) is 5.02. The van der Waals surface area contributed by atoms with E-state index in [4.69, 9.17) is 4.74 Å². The van der Waals surface area contributed by atoms with Crippen molar-refractivity contribution < 1.29 is 9.53 Å². The van der Waals surface area contributed by atoms with Crippen LogP contribution in [0.4, 0.5) is 5.69 Å². The summed E-state index contributed by atoms with van der Waals surface area (Å²) in [6.45, 7) is 0. The molecule has 0 bridgehead atoms. The van der Waals surface area contributed by atoms with Crippen molar-refractivity contribution in [1.29, 1.82) is 5.26 Å². The number of anilines is 1. The molecule has 4 heteroatoms. The highest BCUT2D eigenvalue weighted by Crippen LogP contribution is 2.37. The number of carbonyl (C=O) groups is 1. The predicted molar refractivity (Wildman–Crippen MR) is 88.0 cm³/mol. The van der Waals surface area contributed by atoms with E-state index >= 15 is 0 Å². The molecule has 0 aromatic heterocycles. The summed E-state index contributed by atoms with van der Waals surface area (Å²) in [6.07, 6.45) is 3.13. The number of para-hydroxylation sites is 2. The van der Waals surface area contributed by atoms with Gasteiger partial charge in [-0.2, -0.15) is 5.26 Å². The van der Waals surface area contributed by atoms with E-state index in [2.05, 4.69) is 0 Å². The molecule has 0 atom stereocenters. The molecule has 2 aromatic carbocycles. The quantitative estimate of drug-likeness (QED) is 0.493. The van der Waals surface area contributed by atoms with Crippen molar-refractivity contribution in [2.45, 2.75) is 0 Å². The third kappa shape index (κ3) is 2.85. The lowest BCUT2D eigenvalue weighted by molar-refractivity contribution is 0.103. The molecule has 2 aromatic rings. The Hall–Kier alpha value is -3.32. The van der Waals surface area contributed by atoms with Gasteiger partial charge in [-0.05, 0) is 18.2 Å². The maximum Gasteiger partial charge on any atom is 0.203 e. The molecule has 4 nitrogen and oxygen atoms in total. The van der Waals surface area contributed by atoms with Gasteiger partial charge in [0, 0.05) is 18.7 Å². The minimum atomic E-state index is -0.303. The molecule has 0 radical (unpaired) electrons. The standard InChI is InChI=1S/C19H14N2O2/c1-21-16-9-5-6-10-17(16)23-18(21)12-11-15(13-20)19(22)14-7-3-2-4-8-14/h2-12H,1H3/b15-11+,18-12-. The lowest BCUT2D eigenvalue weighted by Gasteiger charge is -2.09. The van der Waals surface area contributed by atoms with Crippen LogP contribution in [0.3, 0.4) is 0 Å². The minimum absolute atomic E-state index is 0.0663. The number of carbonyl (C=O) groups excluding carboxylic acids is 1. The first-order valence-corrected chi connectivity index (χ1v) is 7.13. The molecule has 3 rings (SSSR count). The molecule has 112 valence electrons.